The van der Waals surface area contributed by atoms with Gasteiger partial charge in [-0.05, 0) is 37.2 Å². The number of amides is 1. The van der Waals surface area contributed by atoms with Crippen molar-refractivity contribution in [2.24, 2.45) is 5.73 Å². The van der Waals surface area contributed by atoms with Gasteiger partial charge in [0.1, 0.15) is 18.5 Å². The number of nitrogen functional groups attached to an aromatic ring is 1. The van der Waals surface area contributed by atoms with Gasteiger partial charge in [-0.3, -0.25) is 9.69 Å². The number of hydrogen-bond acceptors (Lipinski definition) is 5. The van der Waals surface area contributed by atoms with Crippen molar-refractivity contribution in [1.29, 1.82) is 0 Å². The van der Waals surface area contributed by atoms with E-state index in [0.717, 1.165) is 19.4 Å². The Morgan fingerprint density at radius 3 is 2.62 bits per heavy atom. The van der Waals surface area contributed by atoms with E-state index in [1.54, 1.807) is 24.3 Å². The normalized spacial score (nSPS) is 12.3. The number of anilines is 1. The van der Waals surface area contributed by atoms with Crippen LogP contribution in [0.15, 0.2) is 24.3 Å². The van der Waals surface area contributed by atoms with Gasteiger partial charge in [0.15, 0.2) is 0 Å². The lowest BCUT2D eigenvalue weighted by Gasteiger charge is -2.23. The zero-order chi connectivity index (χ0) is 15.7. The first-order valence-corrected chi connectivity index (χ1v) is 7.18. The van der Waals surface area contributed by atoms with E-state index in [1.807, 2.05) is 4.90 Å². The number of aliphatic hydroxyl groups excluding tert-OH is 1. The number of unbranched alkanes of at least 4 members (excludes halogenated alkanes) is 1. The number of carbonyl (C=O) groups excluding carboxylic acids is 1. The van der Waals surface area contributed by atoms with Crippen LogP contribution in [0.5, 0.6) is 5.75 Å². The Balaban J connectivity index is 2.39. The zero-order valence-electron chi connectivity index (χ0n) is 12.5. The van der Waals surface area contributed by atoms with Crippen LogP contribution in [0.1, 0.15) is 19.8 Å². The van der Waals surface area contributed by atoms with E-state index in [4.69, 9.17) is 16.2 Å². The summed E-state index contributed by atoms with van der Waals surface area (Å²) in [7, 11) is 0. The van der Waals surface area contributed by atoms with Crippen LogP contribution in [0.4, 0.5) is 5.69 Å². The van der Waals surface area contributed by atoms with Crippen molar-refractivity contribution in [1.82, 2.24) is 4.90 Å². The van der Waals surface area contributed by atoms with Gasteiger partial charge in [-0.1, -0.05) is 13.3 Å². The minimum absolute atomic E-state index is 0.152. The van der Waals surface area contributed by atoms with Crippen molar-refractivity contribution in [2.75, 3.05) is 32.0 Å². The predicted octanol–water partition coefficient (Wildman–Crippen LogP) is 0.596. The van der Waals surface area contributed by atoms with Crippen molar-refractivity contribution in [3.63, 3.8) is 0 Å². The molecule has 118 valence electrons. The number of ether oxygens (including phenoxy) is 1. The summed E-state index contributed by atoms with van der Waals surface area (Å²) in [6.45, 7) is 3.48. The lowest BCUT2D eigenvalue weighted by Crippen LogP contribution is -2.41. The van der Waals surface area contributed by atoms with Gasteiger partial charge in [-0.25, -0.2) is 0 Å². The van der Waals surface area contributed by atoms with Crippen molar-refractivity contribution >= 4 is 11.6 Å². The molecular weight excluding hydrogens is 270 g/mol. The van der Waals surface area contributed by atoms with Gasteiger partial charge in [-0.15, -0.1) is 0 Å². The average molecular weight is 295 g/mol. The van der Waals surface area contributed by atoms with Gasteiger partial charge in [0.05, 0.1) is 6.54 Å². The second kappa shape index (κ2) is 9.20. The minimum atomic E-state index is -0.682. The van der Waals surface area contributed by atoms with Crippen molar-refractivity contribution in [2.45, 2.75) is 25.9 Å². The molecule has 0 radical (unpaired) electrons. The highest BCUT2D eigenvalue weighted by molar-refractivity contribution is 5.75. The second-order valence-corrected chi connectivity index (χ2v) is 5.09. The van der Waals surface area contributed by atoms with Crippen LogP contribution in [0.2, 0.25) is 0 Å². The summed E-state index contributed by atoms with van der Waals surface area (Å²) < 4.78 is 5.48. The lowest BCUT2D eigenvalue weighted by atomic mass is 10.2. The number of nitrogens with two attached hydrogens (primary N) is 2. The van der Waals surface area contributed by atoms with Crippen LogP contribution in [-0.4, -0.2) is 48.3 Å². The number of aliphatic hydroxyl groups is 1. The summed E-state index contributed by atoms with van der Waals surface area (Å²) in [5.41, 5.74) is 11.5. The van der Waals surface area contributed by atoms with Crippen molar-refractivity contribution < 1.29 is 14.6 Å². The highest BCUT2D eigenvalue weighted by Crippen LogP contribution is 2.13. The Hall–Kier alpha value is -1.79. The molecule has 1 unspecified atom stereocenters. The number of carbonyl (C=O) groups is 1. The van der Waals surface area contributed by atoms with E-state index >= 15 is 0 Å². The van der Waals surface area contributed by atoms with Gasteiger partial charge >= 0.3 is 0 Å². The minimum Gasteiger partial charge on any atom is -0.491 e. The molecule has 0 aliphatic rings. The summed E-state index contributed by atoms with van der Waals surface area (Å²) in [6.07, 6.45) is 1.30. The third kappa shape index (κ3) is 7.53. The first kappa shape index (κ1) is 17.3. The molecule has 5 N–H and O–H groups in total. The third-order valence-electron chi connectivity index (χ3n) is 3.00. The standard InChI is InChI=1S/C15H25N3O3/c1-2-3-8-18(10-15(17)20)9-13(19)11-21-14-6-4-12(16)5-7-14/h4-7,13,19H,2-3,8-11,16H2,1H3,(H2,17,20). The summed E-state index contributed by atoms with van der Waals surface area (Å²) in [5.74, 6) is 0.260. The van der Waals surface area contributed by atoms with Gasteiger partial charge in [-0.2, -0.15) is 0 Å². The Labute approximate surface area is 125 Å². The molecule has 0 aromatic heterocycles. The fraction of sp³-hybridized carbons (Fsp3) is 0.533. The van der Waals surface area contributed by atoms with Crippen LogP contribution in [0.3, 0.4) is 0 Å². The maximum atomic E-state index is 11.0. The topological polar surface area (TPSA) is 102 Å². The first-order chi connectivity index (χ1) is 10.0. The Bertz CT molecular complexity index is 423. The van der Waals surface area contributed by atoms with E-state index < -0.39 is 12.0 Å². The average Bonchev–Trinajstić information content (AvgIpc) is 2.43. The maximum absolute atomic E-state index is 11.0. The number of nitrogens with zero attached hydrogens (tertiary/aromatic N) is 1. The molecule has 6 heteroatoms. The third-order valence-corrected chi connectivity index (χ3v) is 3.00. The molecular formula is C15H25N3O3. The molecule has 1 amide bonds. The smallest absolute Gasteiger partial charge is 0.231 e. The number of benzene rings is 1. The van der Waals surface area contributed by atoms with Crippen LogP contribution < -0.4 is 16.2 Å². The van der Waals surface area contributed by atoms with E-state index in [9.17, 15) is 9.90 Å². The fourth-order valence-electron chi connectivity index (χ4n) is 1.94. The molecule has 0 fully saturated rings. The molecule has 0 aliphatic carbocycles. The molecule has 0 saturated heterocycles. The summed E-state index contributed by atoms with van der Waals surface area (Å²) in [6, 6.07) is 6.98. The summed E-state index contributed by atoms with van der Waals surface area (Å²) in [5, 5.41) is 10.0. The van der Waals surface area contributed by atoms with E-state index in [0.29, 0.717) is 18.0 Å². The molecule has 21 heavy (non-hydrogen) atoms. The highest BCUT2D eigenvalue weighted by Gasteiger charge is 2.14. The molecule has 0 spiro atoms. The molecule has 0 saturated carbocycles. The molecule has 0 aliphatic heterocycles. The molecule has 1 rings (SSSR count). The van der Waals surface area contributed by atoms with E-state index in [1.165, 1.54) is 0 Å². The van der Waals surface area contributed by atoms with Crippen molar-refractivity contribution in [3.8, 4) is 5.75 Å². The summed E-state index contributed by atoms with van der Waals surface area (Å²) in [4.78, 5) is 12.9. The largest absolute Gasteiger partial charge is 0.491 e. The Morgan fingerprint density at radius 2 is 2.05 bits per heavy atom. The number of hydrogen-bond donors (Lipinski definition) is 3. The lowest BCUT2D eigenvalue weighted by molar-refractivity contribution is -0.119. The van der Waals surface area contributed by atoms with Crippen LogP contribution in [0.25, 0.3) is 0 Å². The number of primary amides is 1. The van der Waals surface area contributed by atoms with Gasteiger partial charge < -0.3 is 21.3 Å². The zero-order valence-corrected chi connectivity index (χ0v) is 12.5. The molecule has 1 aromatic rings. The Morgan fingerprint density at radius 1 is 1.38 bits per heavy atom. The molecule has 0 heterocycles. The highest BCUT2D eigenvalue weighted by atomic mass is 16.5. The maximum Gasteiger partial charge on any atom is 0.231 e. The Kier molecular flexibility index (Phi) is 7.56. The quantitative estimate of drug-likeness (QED) is 0.549. The predicted molar refractivity (Wildman–Crippen MR) is 82.9 cm³/mol. The first-order valence-electron chi connectivity index (χ1n) is 7.18. The SMILES string of the molecule is CCCCN(CC(N)=O)CC(O)COc1ccc(N)cc1. The fourth-order valence-corrected chi connectivity index (χ4v) is 1.94. The van der Waals surface area contributed by atoms with E-state index in [2.05, 4.69) is 6.92 Å². The van der Waals surface area contributed by atoms with Crippen LogP contribution in [0, 0.1) is 0 Å². The van der Waals surface area contributed by atoms with Gasteiger partial charge in [0.2, 0.25) is 5.91 Å². The molecule has 1 aromatic carbocycles. The monoisotopic (exact) mass is 295 g/mol. The van der Waals surface area contributed by atoms with Crippen LogP contribution >= 0.6 is 0 Å². The second-order valence-electron chi connectivity index (χ2n) is 5.09. The molecule has 1 atom stereocenters. The summed E-state index contributed by atoms with van der Waals surface area (Å²) >= 11 is 0. The van der Waals surface area contributed by atoms with Gasteiger partial charge in [0, 0.05) is 12.2 Å². The van der Waals surface area contributed by atoms with Crippen molar-refractivity contribution in [3.05, 3.63) is 24.3 Å². The number of rotatable bonds is 10. The molecule has 0 bridgehead atoms. The molecule has 6 nitrogen and oxygen atoms in total. The van der Waals surface area contributed by atoms with E-state index in [-0.39, 0.29) is 13.2 Å². The van der Waals surface area contributed by atoms with Gasteiger partial charge in [0.25, 0.3) is 0 Å². The van der Waals surface area contributed by atoms with Crippen LogP contribution in [-0.2, 0) is 4.79 Å².